The third kappa shape index (κ3) is 2.40. The SMILES string of the molecule is CC(C)(C)C(NN)C1CN2CCCC2CO1. The molecule has 0 amide bonds. The Labute approximate surface area is 98.5 Å². The molecule has 2 fully saturated rings. The number of morpholine rings is 1. The van der Waals surface area contributed by atoms with Gasteiger partial charge in [-0.05, 0) is 24.8 Å². The molecule has 94 valence electrons. The van der Waals surface area contributed by atoms with Crippen LogP contribution in [0.15, 0.2) is 0 Å². The lowest BCUT2D eigenvalue weighted by atomic mass is 9.83. The van der Waals surface area contributed by atoms with E-state index >= 15 is 0 Å². The molecule has 3 N–H and O–H groups in total. The summed E-state index contributed by atoms with van der Waals surface area (Å²) in [6, 6.07) is 0.878. The summed E-state index contributed by atoms with van der Waals surface area (Å²) in [5.41, 5.74) is 3.07. The molecule has 2 aliphatic heterocycles. The fourth-order valence-electron chi connectivity index (χ4n) is 2.96. The number of nitrogens with zero attached hydrogens (tertiary/aromatic N) is 1. The van der Waals surface area contributed by atoms with Crippen molar-refractivity contribution in [1.82, 2.24) is 10.3 Å². The molecule has 0 aliphatic carbocycles. The number of rotatable bonds is 2. The van der Waals surface area contributed by atoms with Crippen molar-refractivity contribution in [3.63, 3.8) is 0 Å². The van der Waals surface area contributed by atoms with Crippen LogP contribution in [0.25, 0.3) is 0 Å². The zero-order valence-electron chi connectivity index (χ0n) is 10.7. The minimum atomic E-state index is 0.131. The molecular weight excluding hydrogens is 202 g/mol. The highest BCUT2D eigenvalue weighted by Gasteiger charge is 2.39. The predicted octanol–water partition coefficient (Wildman–Crippen LogP) is 0.728. The minimum Gasteiger partial charge on any atom is -0.374 e. The average molecular weight is 227 g/mol. The van der Waals surface area contributed by atoms with Gasteiger partial charge in [0.15, 0.2) is 0 Å². The second-order valence-corrected chi connectivity index (χ2v) is 6.17. The highest BCUT2D eigenvalue weighted by Crippen LogP contribution is 2.29. The van der Waals surface area contributed by atoms with Crippen molar-refractivity contribution >= 4 is 0 Å². The molecule has 2 heterocycles. The van der Waals surface area contributed by atoms with Gasteiger partial charge in [-0.1, -0.05) is 20.8 Å². The van der Waals surface area contributed by atoms with Crippen LogP contribution >= 0.6 is 0 Å². The fraction of sp³-hybridized carbons (Fsp3) is 1.00. The van der Waals surface area contributed by atoms with Crippen LogP contribution in [0.1, 0.15) is 33.6 Å². The first-order valence-corrected chi connectivity index (χ1v) is 6.34. The number of hydrogen-bond acceptors (Lipinski definition) is 4. The van der Waals surface area contributed by atoms with Crippen molar-refractivity contribution in [2.45, 2.75) is 51.8 Å². The van der Waals surface area contributed by atoms with Crippen LogP contribution in [0.2, 0.25) is 0 Å². The maximum absolute atomic E-state index is 5.99. The largest absolute Gasteiger partial charge is 0.374 e. The smallest absolute Gasteiger partial charge is 0.0874 e. The van der Waals surface area contributed by atoms with Crippen molar-refractivity contribution in [3.05, 3.63) is 0 Å². The molecule has 2 saturated heterocycles. The normalized spacial score (nSPS) is 33.8. The lowest BCUT2D eigenvalue weighted by molar-refractivity contribution is -0.0811. The summed E-state index contributed by atoms with van der Waals surface area (Å²) >= 11 is 0. The Morgan fingerprint density at radius 2 is 2.19 bits per heavy atom. The van der Waals surface area contributed by atoms with Crippen molar-refractivity contribution in [2.24, 2.45) is 11.3 Å². The first-order valence-electron chi connectivity index (χ1n) is 6.34. The van der Waals surface area contributed by atoms with E-state index in [0.29, 0.717) is 6.04 Å². The predicted molar refractivity (Wildman–Crippen MR) is 64.9 cm³/mol. The molecule has 16 heavy (non-hydrogen) atoms. The molecule has 0 spiro atoms. The molecule has 0 bridgehead atoms. The van der Waals surface area contributed by atoms with Gasteiger partial charge in [0, 0.05) is 12.6 Å². The number of nitrogens with two attached hydrogens (primary N) is 1. The van der Waals surface area contributed by atoms with Gasteiger partial charge >= 0.3 is 0 Å². The summed E-state index contributed by atoms with van der Waals surface area (Å²) in [4.78, 5) is 2.56. The van der Waals surface area contributed by atoms with Crippen molar-refractivity contribution < 1.29 is 4.74 Å². The van der Waals surface area contributed by atoms with E-state index in [1.807, 2.05) is 0 Å². The van der Waals surface area contributed by atoms with Crippen LogP contribution < -0.4 is 11.3 Å². The average Bonchev–Trinajstić information content (AvgIpc) is 2.63. The molecule has 2 rings (SSSR count). The first-order chi connectivity index (χ1) is 7.52. The van der Waals surface area contributed by atoms with Gasteiger partial charge in [0.25, 0.3) is 0 Å². The van der Waals surface area contributed by atoms with Crippen LogP contribution in [0.5, 0.6) is 0 Å². The number of hydrazine groups is 1. The van der Waals surface area contributed by atoms with Crippen molar-refractivity contribution in [2.75, 3.05) is 19.7 Å². The van der Waals surface area contributed by atoms with Gasteiger partial charge < -0.3 is 4.74 Å². The van der Waals surface area contributed by atoms with E-state index in [2.05, 4.69) is 31.1 Å². The van der Waals surface area contributed by atoms with E-state index in [1.54, 1.807) is 0 Å². The topological polar surface area (TPSA) is 50.5 Å². The van der Waals surface area contributed by atoms with Crippen LogP contribution in [-0.2, 0) is 4.74 Å². The molecule has 4 heteroatoms. The lowest BCUT2D eigenvalue weighted by Crippen LogP contribution is -2.59. The van der Waals surface area contributed by atoms with E-state index in [4.69, 9.17) is 10.6 Å². The zero-order chi connectivity index (χ0) is 11.8. The number of hydrogen-bond donors (Lipinski definition) is 2. The van der Waals surface area contributed by atoms with Gasteiger partial charge in [0.1, 0.15) is 0 Å². The van der Waals surface area contributed by atoms with E-state index in [-0.39, 0.29) is 17.6 Å². The van der Waals surface area contributed by atoms with E-state index in [0.717, 1.165) is 13.2 Å². The molecule has 0 aromatic carbocycles. The van der Waals surface area contributed by atoms with E-state index < -0.39 is 0 Å². The Hall–Kier alpha value is -0.160. The Balaban J connectivity index is 1.99. The van der Waals surface area contributed by atoms with Gasteiger partial charge in [0.2, 0.25) is 0 Å². The van der Waals surface area contributed by atoms with Crippen LogP contribution in [0.3, 0.4) is 0 Å². The molecule has 0 aromatic rings. The molecule has 0 saturated carbocycles. The molecule has 3 atom stereocenters. The Kier molecular flexibility index (Phi) is 3.54. The maximum atomic E-state index is 5.99. The second kappa shape index (κ2) is 4.61. The second-order valence-electron chi connectivity index (χ2n) is 6.17. The number of nitrogens with one attached hydrogen (secondary N) is 1. The third-order valence-corrected chi connectivity index (χ3v) is 3.90. The third-order valence-electron chi connectivity index (χ3n) is 3.90. The lowest BCUT2D eigenvalue weighted by Gasteiger charge is -2.43. The van der Waals surface area contributed by atoms with Gasteiger partial charge in [-0.25, -0.2) is 0 Å². The maximum Gasteiger partial charge on any atom is 0.0874 e. The minimum absolute atomic E-state index is 0.131. The van der Waals surface area contributed by atoms with Gasteiger partial charge in [-0.3, -0.25) is 16.2 Å². The Bertz CT molecular complexity index is 239. The van der Waals surface area contributed by atoms with E-state index in [9.17, 15) is 0 Å². The highest BCUT2D eigenvalue weighted by atomic mass is 16.5. The van der Waals surface area contributed by atoms with Crippen molar-refractivity contribution in [3.8, 4) is 0 Å². The quantitative estimate of drug-likeness (QED) is 0.539. The monoisotopic (exact) mass is 227 g/mol. The van der Waals surface area contributed by atoms with E-state index in [1.165, 1.54) is 19.4 Å². The molecular formula is C12H25N3O. The zero-order valence-corrected chi connectivity index (χ0v) is 10.7. The molecule has 4 nitrogen and oxygen atoms in total. The molecule has 3 unspecified atom stereocenters. The standard InChI is InChI=1S/C12H25N3O/c1-12(2,3)11(14-13)10-7-15-6-4-5-9(15)8-16-10/h9-11,14H,4-8,13H2,1-3H3. The number of ether oxygens (including phenoxy) is 1. The van der Waals surface area contributed by atoms with Gasteiger partial charge in [-0.2, -0.15) is 0 Å². The van der Waals surface area contributed by atoms with Gasteiger partial charge in [-0.15, -0.1) is 0 Å². The highest BCUT2D eigenvalue weighted by molar-refractivity contribution is 4.93. The van der Waals surface area contributed by atoms with Gasteiger partial charge in [0.05, 0.1) is 18.8 Å². The van der Waals surface area contributed by atoms with Crippen LogP contribution in [0, 0.1) is 5.41 Å². The molecule has 0 aromatic heterocycles. The summed E-state index contributed by atoms with van der Waals surface area (Å²) in [5, 5.41) is 0. The summed E-state index contributed by atoms with van der Waals surface area (Å²) in [6.45, 7) is 9.74. The Morgan fingerprint density at radius 3 is 2.81 bits per heavy atom. The summed E-state index contributed by atoms with van der Waals surface area (Å²) in [5.74, 6) is 5.68. The van der Waals surface area contributed by atoms with Crippen molar-refractivity contribution in [1.29, 1.82) is 0 Å². The molecule has 0 radical (unpaired) electrons. The Morgan fingerprint density at radius 1 is 1.44 bits per heavy atom. The summed E-state index contributed by atoms with van der Waals surface area (Å²) < 4.78 is 5.99. The fourth-order valence-corrected chi connectivity index (χ4v) is 2.96. The summed E-state index contributed by atoms with van der Waals surface area (Å²) in [7, 11) is 0. The molecule has 2 aliphatic rings. The first kappa shape index (κ1) is 12.3. The van der Waals surface area contributed by atoms with Crippen LogP contribution in [0.4, 0.5) is 0 Å². The summed E-state index contributed by atoms with van der Waals surface area (Å²) in [6.07, 6.45) is 2.83. The van der Waals surface area contributed by atoms with Crippen LogP contribution in [-0.4, -0.2) is 42.8 Å². The number of fused-ring (bicyclic) bond motifs is 1.